The summed E-state index contributed by atoms with van der Waals surface area (Å²) in [6.45, 7) is 3.66. The first-order chi connectivity index (χ1) is 12.9. The Labute approximate surface area is 156 Å². The molecule has 0 unspecified atom stereocenters. The van der Waals surface area contributed by atoms with Crippen LogP contribution in [0.5, 0.6) is 0 Å². The van der Waals surface area contributed by atoms with Crippen molar-refractivity contribution in [2.24, 2.45) is 0 Å². The molecule has 0 spiro atoms. The van der Waals surface area contributed by atoms with Gasteiger partial charge in [0, 0.05) is 23.7 Å². The molecule has 3 aromatic rings. The summed E-state index contributed by atoms with van der Waals surface area (Å²) in [4.78, 5) is 40.6. The fourth-order valence-corrected chi connectivity index (χ4v) is 2.76. The van der Waals surface area contributed by atoms with E-state index in [9.17, 15) is 14.4 Å². The minimum Gasteiger partial charge on any atom is -0.459 e. The zero-order chi connectivity index (χ0) is 19.4. The number of hydrogen-bond donors (Lipinski definition) is 0. The summed E-state index contributed by atoms with van der Waals surface area (Å²) in [6, 6.07) is 13.9. The minimum atomic E-state index is -0.498. The van der Waals surface area contributed by atoms with Gasteiger partial charge in [-0.1, -0.05) is 35.9 Å². The van der Waals surface area contributed by atoms with Gasteiger partial charge in [0.1, 0.15) is 12.3 Å². The van der Waals surface area contributed by atoms with Gasteiger partial charge in [-0.05, 0) is 26.0 Å². The summed E-state index contributed by atoms with van der Waals surface area (Å²) in [5, 5.41) is 0. The second kappa shape index (κ2) is 7.95. The van der Waals surface area contributed by atoms with Crippen molar-refractivity contribution >= 4 is 17.4 Å². The number of aryl methyl sites for hydroxylation is 2. The van der Waals surface area contributed by atoms with E-state index in [0.717, 1.165) is 11.3 Å². The van der Waals surface area contributed by atoms with Gasteiger partial charge in [-0.3, -0.25) is 18.8 Å². The van der Waals surface area contributed by atoms with Gasteiger partial charge in [0.25, 0.3) is 5.56 Å². The van der Waals surface area contributed by atoms with Crippen LogP contribution in [0.15, 0.2) is 53.3 Å². The van der Waals surface area contributed by atoms with E-state index in [4.69, 9.17) is 4.74 Å². The molecule has 138 valence electrons. The lowest BCUT2D eigenvalue weighted by atomic mass is 10.1. The zero-order valence-electron chi connectivity index (χ0n) is 15.3. The number of ether oxygens (including phenoxy) is 1. The lowest BCUT2D eigenvalue weighted by Crippen LogP contribution is -2.18. The van der Waals surface area contributed by atoms with Crippen LogP contribution in [0.25, 0.3) is 5.65 Å². The summed E-state index contributed by atoms with van der Waals surface area (Å²) in [5.41, 5.74) is 3.08. The number of pyridine rings is 1. The van der Waals surface area contributed by atoms with Gasteiger partial charge in [0.05, 0.1) is 12.1 Å². The average Bonchev–Trinajstić information content (AvgIpc) is 2.65. The third-order valence-electron chi connectivity index (χ3n) is 4.24. The molecule has 0 N–H and O–H groups in total. The number of carbonyl (C=O) groups is 2. The minimum absolute atomic E-state index is 0.0155. The van der Waals surface area contributed by atoms with E-state index in [-0.39, 0.29) is 30.8 Å². The lowest BCUT2D eigenvalue weighted by molar-refractivity contribution is -0.145. The van der Waals surface area contributed by atoms with Crippen LogP contribution in [0.1, 0.15) is 40.2 Å². The maximum Gasteiger partial charge on any atom is 0.306 e. The first kappa shape index (κ1) is 18.5. The lowest BCUT2D eigenvalue weighted by Gasteiger charge is -2.07. The van der Waals surface area contributed by atoms with Crippen molar-refractivity contribution in [1.82, 2.24) is 9.38 Å². The number of carbonyl (C=O) groups excluding carboxylic acids is 2. The Morgan fingerprint density at radius 1 is 1.04 bits per heavy atom. The SMILES string of the molecule is Cc1ccc(C(=O)CCC(=O)OCc2cc(=O)n3c(C)cccc3n2)cc1. The molecule has 0 bridgehead atoms. The summed E-state index contributed by atoms with van der Waals surface area (Å²) >= 11 is 0. The van der Waals surface area contributed by atoms with Crippen molar-refractivity contribution in [2.45, 2.75) is 33.3 Å². The first-order valence-corrected chi connectivity index (χ1v) is 8.68. The first-order valence-electron chi connectivity index (χ1n) is 8.68. The number of Topliss-reactive ketones (excluding diaryl/α,β-unsaturated/α-hetero) is 1. The Bertz CT molecular complexity index is 1050. The molecule has 0 amide bonds. The van der Waals surface area contributed by atoms with Gasteiger partial charge in [0.15, 0.2) is 5.78 Å². The molecule has 6 nitrogen and oxygen atoms in total. The highest BCUT2D eigenvalue weighted by Crippen LogP contribution is 2.09. The van der Waals surface area contributed by atoms with Crippen molar-refractivity contribution in [2.75, 3.05) is 0 Å². The molecule has 0 saturated carbocycles. The van der Waals surface area contributed by atoms with Crippen LogP contribution in [0.2, 0.25) is 0 Å². The number of esters is 1. The van der Waals surface area contributed by atoms with Crippen LogP contribution in [-0.4, -0.2) is 21.1 Å². The largest absolute Gasteiger partial charge is 0.459 e. The number of fused-ring (bicyclic) bond motifs is 1. The molecule has 2 aromatic heterocycles. The van der Waals surface area contributed by atoms with Crippen LogP contribution < -0.4 is 5.56 Å². The van der Waals surface area contributed by atoms with E-state index in [2.05, 4.69) is 4.98 Å². The summed E-state index contributed by atoms with van der Waals surface area (Å²) in [7, 11) is 0. The van der Waals surface area contributed by atoms with E-state index in [0.29, 0.717) is 16.9 Å². The topological polar surface area (TPSA) is 77.7 Å². The van der Waals surface area contributed by atoms with Gasteiger partial charge < -0.3 is 4.74 Å². The molecule has 0 atom stereocenters. The third-order valence-corrected chi connectivity index (χ3v) is 4.24. The number of nitrogens with zero attached hydrogens (tertiary/aromatic N) is 2. The second-order valence-electron chi connectivity index (χ2n) is 6.40. The number of aromatic nitrogens is 2. The van der Waals surface area contributed by atoms with Gasteiger partial charge in [-0.25, -0.2) is 4.98 Å². The molecular weight excluding hydrogens is 344 g/mol. The maximum absolute atomic E-state index is 12.2. The van der Waals surface area contributed by atoms with Crippen molar-refractivity contribution in [3.63, 3.8) is 0 Å². The summed E-state index contributed by atoms with van der Waals surface area (Å²) in [5.74, 6) is -0.605. The third kappa shape index (κ3) is 4.47. The fraction of sp³-hybridized carbons (Fsp3) is 0.238. The van der Waals surface area contributed by atoms with E-state index >= 15 is 0 Å². The van der Waals surface area contributed by atoms with Gasteiger partial charge in [-0.15, -0.1) is 0 Å². The fourth-order valence-electron chi connectivity index (χ4n) is 2.76. The highest BCUT2D eigenvalue weighted by molar-refractivity contribution is 5.97. The molecule has 0 aliphatic carbocycles. The summed E-state index contributed by atoms with van der Waals surface area (Å²) in [6.07, 6.45) is 0.0628. The molecule has 2 heterocycles. The molecule has 0 aliphatic rings. The van der Waals surface area contributed by atoms with Crippen molar-refractivity contribution in [1.29, 1.82) is 0 Å². The van der Waals surface area contributed by atoms with Crippen LogP contribution in [0.4, 0.5) is 0 Å². The molecule has 6 heteroatoms. The van der Waals surface area contributed by atoms with Crippen LogP contribution >= 0.6 is 0 Å². The molecule has 1 aromatic carbocycles. The predicted octanol–water partition coefficient (Wildman–Crippen LogP) is 3.02. The van der Waals surface area contributed by atoms with Gasteiger partial charge in [-0.2, -0.15) is 0 Å². The molecule has 0 fully saturated rings. The normalized spacial score (nSPS) is 10.7. The quantitative estimate of drug-likeness (QED) is 0.496. The number of ketones is 1. The Hall–Kier alpha value is -3.28. The highest BCUT2D eigenvalue weighted by atomic mass is 16.5. The van der Waals surface area contributed by atoms with Crippen LogP contribution in [-0.2, 0) is 16.1 Å². The molecule has 3 rings (SSSR count). The smallest absolute Gasteiger partial charge is 0.306 e. The molecule has 0 aliphatic heterocycles. The van der Waals surface area contributed by atoms with Crippen LogP contribution in [0.3, 0.4) is 0 Å². The molecular formula is C21H20N2O4. The van der Waals surface area contributed by atoms with Crippen molar-refractivity contribution < 1.29 is 14.3 Å². The molecule has 0 radical (unpaired) electrons. The second-order valence-corrected chi connectivity index (χ2v) is 6.40. The zero-order valence-corrected chi connectivity index (χ0v) is 15.3. The monoisotopic (exact) mass is 364 g/mol. The summed E-state index contributed by atoms with van der Waals surface area (Å²) < 4.78 is 6.66. The molecule has 0 saturated heterocycles. The Kier molecular flexibility index (Phi) is 5.45. The Morgan fingerprint density at radius 3 is 2.52 bits per heavy atom. The predicted molar refractivity (Wildman–Crippen MR) is 101 cm³/mol. The Morgan fingerprint density at radius 2 is 1.78 bits per heavy atom. The maximum atomic E-state index is 12.2. The number of hydrogen-bond acceptors (Lipinski definition) is 5. The Balaban J connectivity index is 1.58. The van der Waals surface area contributed by atoms with Crippen LogP contribution in [0, 0.1) is 13.8 Å². The average molecular weight is 364 g/mol. The number of rotatable bonds is 6. The van der Waals surface area contributed by atoms with E-state index in [1.165, 1.54) is 10.5 Å². The van der Waals surface area contributed by atoms with E-state index < -0.39 is 5.97 Å². The number of benzene rings is 1. The van der Waals surface area contributed by atoms with E-state index in [1.54, 1.807) is 18.2 Å². The van der Waals surface area contributed by atoms with E-state index in [1.807, 2.05) is 38.1 Å². The standard InChI is InChI=1S/C21H20N2O4/c1-14-6-8-16(9-7-14)18(24)10-11-21(26)27-13-17-12-20(25)23-15(2)4-3-5-19(23)22-17/h3-9,12H,10-11,13H2,1-2H3. The van der Waals surface area contributed by atoms with Gasteiger partial charge >= 0.3 is 5.97 Å². The van der Waals surface area contributed by atoms with Crippen molar-refractivity contribution in [3.8, 4) is 0 Å². The van der Waals surface area contributed by atoms with Gasteiger partial charge in [0.2, 0.25) is 0 Å². The molecule has 27 heavy (non-hydrogen) atoms. The highest BCUT2D eigenvalue weighted by Gasteiger charge is 2.11. The van der Waals surface area contributed by atoms with Crippen molar-refractivity contribution in [3.05, 3.63) is 81.4 Å².